The predicted octanol–water partition coefficient (Wildman–Crippen LogP) is 2.62. The van der Waals surface area contributed by atoms with Crippen LogP contribution >= 0.6 is 0 Å². The molecule has 3 aromatic rings. The molecule has 2 aromatic carbocycles. The third-order valence-corrected chi connectivity index (χ3v) is 5.34. The lowest BCUT2D eigenvalue weighted by atomic mass is 9.92. The second-order valence-electron chi connectivity index (χ2n) is 7.63. The van der Waals surface area contributed by atoms with Gasteiger partial charge in [0.25, 0.3) is 5.91 Å². The van der Waals surface area contributed by atoms with Crippen molar-refractivity contribution in [2.75, 3.05) is 18.4 Å². The summed E-state index contributed by atoms with van der Waals surface area (Å²) in [6, 6.07) is 15.1. The highest BCUT2D eigenvalue weighted by Gasteiger charge is 2.30. The van der Waals surface area contributed by atoms with Gasteiger partial charge >= 0.3 is 0 Å². The molecule has 4 rings (SSSR count). The molecule has 0 bridgehead atoms. The zero-order chi connectivity index (χ0) is 20.3. The smallest absolute Gasteiger partial charge is 0.255 e. The van der Waals surface area contributed by atoms with E-state index >= 15 is 0 Å². The summed E-state index contributed by atoms with van der Waals surface area (Å²) in [5, 5.41) is 25.3. The van der Waals surface area contributed by atoms with Crippen molar-refractivity contribution in [3.05, 3.63) is 65.9 Å². The number of nitrogens with one attached hydrogen (secondary N) is 2. The lowest BCUT2D eigenvalue weighted by Crippen LogP contribution is -2.44. The van der Waals surface area contributed by atoms with Gasteiger partial charge in [0.05, 0.1) is 18.3 Å². The molecule has 3 N–H and O–H groups in total. The Bertz CT molecular complexity index is 993. The summed E-state index contributed by atoms with van der Waals surface area (Å²) < 4.78 is 1.68. The number of para-hydroxylation sites is 1. The minimum atomic E-state index is -0.760. The van der Waals surface area contributed by atoms with Gasteiger partial charge in [-0.3, -0.25) is 4.79 Å². The monoisotopic (exact) mass is 391 g/mol. The third kappa shape index (κ3) is 4.52. The minimum Gasteiger partial charge on any atom is -0.388 e. The lowest BCUT2D eigenvalue weighted by molar-refractivity contribution is -0.00864. The van der Waals surface area contributed by atoms with Gasteiger partial charge in [0, 0.05) is 16.8 Å². The third-order valence-electron chi connectivity index (χ3n) is 5.34. The molecule has 1 aromatic heterocycles. The molecule has 0 atom stereocenters. The molecular weight excluding hydrogens is 366 g/mol. The largest absolute Gasteiger partial charge is 0.388 e. The number of benzene rings is 2. The Morgan fingerprint density at radius 2 is 1.97 bits per heavy atom. The number of nitrogens with zero attached hydrogens (tertiary/aromatic N) is 3. The van der Waals surface area contributed by atoms with Crippen LogP contribution in [0.25, 0.3) is 11.3 Å². The van der Waals surface area contributed by atoms with Crippen LogP contribution in [0.1, 0.15) is 28.8 Å². The predicted molar refractivity (Wildman–Crippen MR) is 112 cm³/mol. The number of hydrogen-bond donors (Lipinski definition) is 3. The van der Waals surface area contributed by atoms with E-state index in [0.717, 1.165) is 29.9 Å². The van der Waals surface area contributed by atoms with E-state index in [4.69, 9.17) is 0 Å². The van der Waals surface area contributed by atoms with Crippen molar-refractivity contribution in [2.45, 2.75) is 31.9 Å². The summed E-state index contributed by atoms with van der Waals surface area (Å²) in [5.41, 5.74) is 2.97. The molecule has 29 heavy (non-hydrogen) atoms. The number of aromatic nitrogens is 3. The molecule has 1 aliphatic rings. The fourth-order valence-corrected chi connectivity index (χ4v) is 3.61. The van der Waals surface area contributed by atoms with Gasteiger partial charge in [-0.15, -0.1) is 5.10 Å². The molecule has 0 unspecified atom stereocenters. The normalized spacial score (nSPS) is 15.8. The number of aryl methyl sites for hydroxylation is 1. The summed E-state index contributed by atoms with van der Waals surface area (Å²) in [6.07, 6.45) is 3.20. The van der Waals surface area contributed by atoms with Crippen LogP contribution in [0.15, 0.2) is 54.7 Å². The van der Waals surface area contributed by atoms with E-state index in [1.807, 2.05) is 61.7 Å². The number of aliphatic hydroxyl groups is 1. The summed E-state index contributed by atoms with van der Waals surface area (Å²) in [7, 11) is 0. The van der Waals surface area contributed by atoms with Crippen molar-refractivity contribution in [1.82, 2.24) is 20.3 Å². The molecule has 2 heterocycles. The van der Waals surface area contributed by atoms with Crippen LogP contribution in [0.5, 0.6) is 0 Å². The average Bonchev–Trinajstić information content (AvgIpc) is 3.17. The van der Waals surface area contributed by atoms with Crippen LogP contribution in [0, 0.1) is 6.92 Å². The summed E-state index contributed by atoms with van der Waals surface area (Å²) in [5.74, 6) is -0.160. The minimum absolute atomic E-state index is 0.160. The number of piperidine rings is 1. The van der Waals surface area contributed by atoms with Crippen LogP contribution < -0.4 is 10.6 Å². The zero-order valence-corrected chi connectivity index (χ0v) is 16.4. The lowest BCUT2D eigenvalue weighted by Gasteiger charge is -2.32. The number of carbonyl (C=O) groups is 1. The molecule has 0 saturated carbocycles. The maximum atomic E-state index is 12.7. The summed E-state index contributed by atoms with van der Waals surface area (Å²) in [6.45, 7) is 3.92. The standard InChI is InChI=1S/C22H25N5O2/c1-16-7-8-17(13-19(16)21(28)24-18-5-3-2-4-6-18)20-14-27(26-25-20)15-22(29)9-11-23-12-10-22/h2-8,13-14,23,29H,9-12,15H2,1H3,(H,24,28). The summed E-state index contributed by atoms with van der Waals surface area (Å²) in [4.78, 5) is 12.7. The molecular formula is C22H25N5O2. The molecule has 1 aliphatic heterocycles. The number of anilines is 1. The number of amides is 1. The van der Waals surface area contributed by atoms with Crippen molar-refractivity contribution in [2.24, 2.45) is 0 Å². The molecule has 0 spiro atoms. The van der Waals surface area contributed by atoms with E-state index in [-0.39, 0.29) is 5.91 Å². The molecule has 150 valence electrons. The van der Waals surface area contributed by atoms with Crippen LogP contribution in [0.2, 0.25) is 0 Å². The van der Waals surface area contributed by atoms with Crippen molar-refractivity contribution < 1.29 is 9.90 Å². The van der Waals surface area contributed by atoms with Gasteiger partial charge < -0.3 is 15.7 Å². The van der Waals surface area contributed by atoms with E-state index in [9.17, 15) is 9.90 Å². The van der Waals surface area contributed by atoms with E-state index in [1.165, 1.54) is 0 Å². The van der Waals surface area contributed by atoms with E-state index < -0.39 is 5.60 Å². The van der Waals surface area contributed by atoms with Gasteiger partial charge in [-0.1, -0.05) is 35.5 Å². The molecule has 7 heteroatoms. The maximum Gasteiger partial charge on any atom is 0.255 e. The van der Waals surface area contributed by atoms with Gasteiger partial charge in [-0.05, 0) is 56.6 Å². The first-order valence-electron chi connectivity index (χ1n) is 9.83. The topological polar surface area (TPSA) is 92.1 Å². The van der Waals surface area contributed by atoms with Crippen LogP contribution in [-0.2, 0) is 6.54 Å². The highest BCUT2D eigenvalue weighted by Crippen LogP contribution is 2.24. The Hall–Kier alpha value is -3.03. The van der Waals surface area contributed by atoms with E-state index in [1.54, 1.807) is 4.68 Å². The van der Waals surface area contributed by atoms with Crippen molar-refractivity contribution in [3.63, 3.8) is 0 Å². The van der Waals surface area contributed by atoms with Gasteiger partial charge in [0.2, 0.25) is 0 Å². The van der Waals surface area contributed by atoms with Gasteiger partial charge in [0.15, 0.2) is 0 Å². The van der Waals surface area contributed by atoms with Crippen molar-refractivity contribution >= 4 is 11.6 Å². The first-order valence-corrected chi connectivity index (χ1v) is 9.83. The summed E-state index contributed by atoms with van der Waals surface area (Å²) >= 11 is 0. The molecule has 0 aliphatic carbocycles. The zero-order valence-electron chi connectivity index (χ0n) is 16.4. The Morgan fingerprint density at radius 3 is 2.72 bits per heavy atom. The second-order valence-corrected chi connectivity index (χ2v) is 7.63. The van der Waals surface area contributed by atoms with Crippen molar-refractivity contribution in [1.29, 1.82) is 0 Å². The second kappa shape index (κ2) is 8.14. The van der Waals surface area contributed by atoms with Gasteiger partial charge in [0.1, 0.15) is 5.69 Å². The Balaban J connectivity index is 1.53. The SMILES string of the molecule is Cc1ccc(-c2cn(CC3(O)CCNCC3)nn2)cc1C(=O)Nc1ccccc1. The first-order chi connectivity index (χ1) is 14.0. The van der Waals surface area contributed by atoms with Crippen molar-refractivity contribution in [3.8, 4) is 11.3 Å². The fourth-order valence-electron chi connectivity index (χ4n) is 3.61. The molecule has 1 fully saturated rings. The van der Waals surface area contributed by atoms with Crippen LogP contribution in [-0.4, -0.2) is 44.7 Å². The van der Waals surface area contributed by atoms with Crippen LogP contribution in [0.3, 0.4) is 0 Å². The maximum absolute atomic E-state index is 12.7. The Labute approximate surface area is 169 Å². The molecule has 0 radical (unpaired) electrons. The highest BCUT2D eigenvalue weighted by atomic mass is 16.3. The first kappa shape index (κ1) is 19.3. The van der Waals surface area contributed by atoms with Gasteiger partial charge in [-0.2, -0.15) is 0 Å². The number of hydrogen-bond acceptors (Lipinski definition) is 5. The quantitative estimate of drug-likeness (QED) is 0.622. The van der Waals surface area contributed by atoms with Crippen LogP contribution in [0.4, 0.5) is 5.69 Å². The molecule has 1 saturated heterocycles. The number of carbonyl (C=O) groups excluding carboxylic acids is 1. The number of rotatable bonds is 5. The Morgan fingerprint density at radius 1 is 1.21 bits per heavy atom. The van der Waals surface area contributed by atoms with E-state index in [0.29, 0.717) is 30.6 Å². The highest BCUT2D eigenvalue weighted by molar-refractivity contribution is 6.05. The molecule has 7 nitrogen and oxygen atoms in total. The Kier molecular flexibility index (Phi) is 5.42. The average molecular weight is 391 g/mol. The molecule has 1 amide bonds. The van der Waals surface area contributed by atoms with E-state index in [2.05, 4.69) is 20.9 Å². The fraction of sp³-hybridized carbons (Fsp3) is 0.318. The van der Waals surface area contributed by atoms with Gasteiger partial charge in [-0.25, -0.2) is 4.68 Å².